The summed E-state index contributed by atoms with van der Waals surface area (Å²) in [5.74, 6) is -1.05. The molecule has 0 spiro atoms. The summed E-state index contributed by atoms with van der Waals surface area (Å²) in [6.07, 6.45) is -0.726. The Kier molecular flexibility index (Phi) is 7.76. The van der Waals surface area contributed by atoms with Crippen molar-refractivity contribution in [3.05, 3.63) is 118 Å². The van der Waals surface area contributed by atoms with Crippen LogP contribution in [-0.4, -0.2) is 31.9 Å². The molecular formula is C32H27Cl2N3O4. The number of ether oxygens (including phenoxy) is 1. The largest absolute Gasteiger partial charge is 0.478 e. The van der Waals surface area contributed by atoms with Gasteiger partial charge in [-0.05, 0) is 86.0 Å². The highest BCUT2D eigenvalue weighted by Crippen LogP contribution is 2.29. The van der Waals surface area contributed by atoms with Crippen molar-refractivity contribution in [2.45, 2.75) is 32.9 Å². The number of aromatic carboxylic acids is 1. The number of carbonyl (C=O) groups is 2. The first kappa shape index (κ1) is 28.2. The molecule has 0 atom stereocenters. The zero-order chi connectivity index (χ0) is 29.3. The van der Waals surface area contributed by atoms with E-state index in [2.05, 4.69) is 4.99 Å². The number of amides is 1. The molecular weight excluding hydrogens is 561 g/mol. The molecule has 7 nitrogen and oxygen atoms in total. The van der Waals surface area contributed by atoms with Gasteiger partial charge in [-0.3, -0.25) is 4.57 Å². The number of halogens is 2. The van der Waals surface area contributed by atoms with E-state index in [1.54, 1.807) is 32.9 Å². The number of para-hydroxylation sites is 2. The van der Waals surface area contributed by atoms with Gasteiger partial charge in [0, 0.05) is 15.7 Å². The van der Waals surface area contributed by atoms with Crippen molar-refractivity contribution in [1.82, 2.24) is 9.13 Å². The first-order chi connectivity index (χ1) is 19.5. The van der Waals surface area contributed by atoms with Crippen LogP contribution in [0.25, 0.3) is 27.8 Å². The van der Waals surface area contributed by atoms with E-state index < -0.39 is 17.7 Å². The molecule has 5 aromatic rings. The number of fused-ring (bicyclic) bond motifs is 1. The standard InChI is InChI=1S/C32H27Cl2N3O4/c1-32(2,3)41-31(40)35-30-36(19-21-8-4-5-9-26(21)34)27-10-6-7-11-28(27)37(30)23-15-12-20(13-16-23)25-18-22(33)14-17-24(25)29(38)39/h4-18H,19H2,1-3H3,(H,38,39)/b35-30+. The monoisotopic (exact) mass is 587 g/mol. The number of hydrogen-bond donors (Lipinski definition) is 1. The highest BCUT2D eigenvalue weighted by molar-refractivity contribution is 6.31. The summed E-state index contributed by atoms with van der Waals surface area (Å²) in [7, 11) is 0. The third kappa shape index (κ3) is 6.06. The molecule has 0 saturated heterocycles. The molecule has 0 bridgehead atoms. The first-order valence-electron chi connectivity index (χ1n) is 12.9. The van der Waals surface area contributed by atoms with Crippen LogP contribution in [0.2, 0.25) is 10.0 Å². The van der Waals surface area contributed by atoms with Gasteiger partial charge in [0.25, 0.3) is 0 Å². The Labute approximate surface area is 246 Å². The molecule has 41 heavy (non-hydrogen) atoms. The van der Waals surface area contributed by atoms with Gasteiger partial charge in [-0.25, -0.2) is 9.59 Å². The van der Waals surface area contributed by atoms with Gasteiger partial charge in [0.2, 0.25) is 5.62 Å². The Morgan fingerprint density at radius 1 is 0.878 bits per heavy atom. The average Bonchev–Trinajstić information content (AvgIpc) is 3.21. The third-order valence-electron chi connectivity index (χ3n) is 6.37. The lowest BCUT2D eigenvalue weighted by Gasteiger charge is -2.17. The van der Waals surface area contributed by atoms with Crippen LogP contribution in [-0.2, 0) is 11.3 Å². The van der Waals surface area contributed by atoms with E-state index in [0.717, 1.165) is 16.6 Å². The third-order valence-corrected chi connectivity index (χ3v) is 6.98. The molecule has 0 radical (unpaired) electrons. The van der Waals surface area contributed by atoms with Crippen molar-refractivity contribution in [2.75, 3.05) is 0 Å². The number of carboxylic acid groups (broad SMARTS) is 1. The van der Waals surface area contributed by atoms with E-state index in [0.29, 0.717) is 39.0 Å². The van der Waals surface area contributed by atoms with Gasteiger partial charge in [0.05, 0.1) is 23.1 Å². The Hall–Kier alpha value is -4.33. The summed E-state index contributed by atoms with van der Waals surface area (Å²) in [4.78, 5) is 29.3. The normalized spacial score (nSPS) is 12.1. The zero-order valence-corrected chi connectivity index (χ0v) is 24.1. The summed E-state index contributed by atoms with van der Waals surface area (Å²) in [5, 5.41) is 10.7. The second-order valence-corrected chi connectivity index (χ2v) is 11.3. The van der Waals surface area contributed by atoms with Gasteiger partial charge in [-0.2, -0.15) is 0 Å². The summed E-state index contributed by atoms with van der Waals surface area (Å²) in [6.45, 7) is 5.71. The second kappa shape index (κ2) is 11.3. The van der Waals surface area contributed by atoms with E-state index in [1.807, 2.05) is 81.9 Å². The van der Waals surface area contributed by atoms with Crippen LogP contribution in [0.5, 0.6) is 0 Å². The SMILES string of the molecule is CC(C)(C)OC(=O)/N=c1\n(Cc2ccccc2Cl)c2ccccc2n1-c1ccc(-c2cc(Cl)ccc2C(=O)O)cc1. The smallest absolute Gasteiger partial charge is 0.437 e. The van der Waals surface area contributed by atoms with Crippen molar-refractivity contribution in [1.29, 1.82) is 0 Å². The number of aromatic nitrogens is 2. The minimum atomic E-state index is -1.05. The van der Waals surface area contributed by atoms with Gasteiger partial charge in [-0.1, -0.05) is 65.7 Å². The number of benzene rings is 4. The number of rotatable bonds is 5. The number of carboxylic acids is 1. The maximum Gasteiger partial charge on any atom is 0.437 e. The molecule has 0 unspecified atom stereocenters. The molecule has 0 aliphatic heterocycles. The van der Waals surface area contributed by atoms with Crippen LogP contribution in [0, 0.1) is 0 Å². The summed E-state index contributed by atoms with van der Waals surface area (Å²) in [5.41, 5.74) is 4.16. The lowest BCUT2D eigenvalue weighted by molar-refractivity contribution is 0.0593. The van der Waals surface area contributed by atoms with Crippen molar-refractivity contribution >= 4 is 46.3 Å². The highest BCUT2D eigenvalue weighted by atomic mass is 35.5. The van der Waals surface area contributed by atoms with Gasteiger partial charge in [0.15, 0.2) is 0 Å². The number of nitrogens with zero attached hydrogens (tertiary/aromatic N) is 3. The van der Waals surface area contributed by atoms with Crippen molar-refractivity contribution in [3.8, 4) is 16.8 Å². The lowest BCUT2D eigenvalue weighted by atomic mass is 9.99. The Morgan fingerprint density at radius 2 is 1.54 bits per heavy atom. The fraction of sp³-hybridized carbons (Fsp3) is 0.156. The van der Waals surface area contributed by atoms with Crippen LogP contribution in [0.4, 0.5) is 4.79 Å². The molecule has 9 heteroatoms. The van der Waals surface area contributed by atoms with Crippen molar-refractivity contribution < 1.29 is 19.4 Å². The Morgan fingerprint density at radius 3 is 2.20 bits per heavy atom. The quantitative estimate of drug-likeness (QED) is 0.226. The highest BCUT2D eigenvalue weighted by Gasteiger charge is 2.20. The molecule has 208 valence electrons. The lowest BCUT2D eigenvalue weighted by Crippen LogP contribution is -2.29. The van der Waals surface area contributed by atoms with Crippen molar-refractivity contribution in [2.24, 2.45) is 4.99 Å². The Balaban J connectivity index is 1.73. The topological polar surface area (TPSA) is 85.8 Å². The van der Waals surface area contributed by atoms with Gasteiger partial charge >= 0.3 is 12.1 Å². The molecule has 0 fully saturated rings. The second-order valence-electron chi connectivity index (χ2n) is 10.4. The molecule has 0 aliphatic carbocycles. The predicted molar refractivity (Wildman–Crippen MR) is 161 cm³/mol. The summed E-state index contributed by atoms with van der Waals surface area (Å²) < 4.78 is 9.35. The molecule has 4 aromatic carbocycles. The molecule has 1 aromatic heterocycles. The van der Waals surface area contributed by atoms with Gasteiger partial charge in [-0.15, -0.1) is 4.99 Å². The minimum Gasteiger partial charge on any atom is -0.478 e. The van der Waals surface area contributed by atoms with Gasteiger partial charge < -0.3 is 14.4 Å². The van der Waals surface area contributed by atoms with Crippen LogP contribution in [0.15, 0.2) is 96.0 Å². The first-order valence-corrected chi connectivity index (χ1v) is 13.6. The molecule has 0 saturated carbocycles. The number of carbonyl (C=O) groups excluding carboxylic acids is 1. The molecule has 5 rings (SSSR count). The van der Waals surface area contributed by atoms with E-state index >= 15 is 0 Å². The van der Waals surface area contributed by atoms with Gasteiger partial charge in [0.1, 0.15) is 5.60 Å². The summed E-state index contributed by atoms with van der Waals surface area (Å²) in [6, 6.07) is 27.3. The molecule has 0 aliphatic rings. The number of hydrogen-bond acceptors (Lipinski definition) is 3. The maximum absolute atomic E-state index is 13.0. The van der Waals surface area contributed by atoms with Crippen LogP contribution in [0.3, 0.4) is 0 Å². The predicted octanol–water partition coefficient (Wildman–Crippen LogP) is 7.99. The van der Waals surface area contributed by atoms with Crippen LogP contribution in [0.1, 0.15) is 36.7 Å². The fourth-order valence-electron chi connectivity index (χ4n) is 4.63. The molecule has 1 amide bonds. The summed E-state index contributed by atoms with van der Waals surface area (Å²) >= 11 is 12.7. The molecule has 1 heterocycles. The maximum atomic E-state index is 13.0. The number of imidazole rings is 1. The fourth-order valence-corrected chi connectivity index (χ4v) is 5.00. The molecule has 1 N–H and O–H groups in total. The van der Waals surface area contributed by atoms with E-state index in [1.165, 1.54) is 6.07 Å². The van der Waals surface area contributed by atoms with E-state index in [9.17, 15) is 14.7 Å². The van der Waals surface area contributed by atoms with Crippen LogP contribution >= 0.6 is 23.2 Å². The van der Waals surface area contributed by atoms with E-state index in [4.69, 9.17) is 27.9 Å². The van der Waals surface area contributed by atoms with Crippen molar-refractivity contribution in [3.63, 3.8) is 0 Å². The minimum absolute atomic E-state index is 0.145. The van der Waals surface area contributed by atoms with E-state index in [-0.39, 0.29) is 5.56 Å². The zero-order valence-electron chi connectivity index (χ0n) is 22.6. The van der Waals surface area contributed by atoms with Crippen LogP contribution < -0.4 is 5.62 Å². The Bertz CT molecular complexity index is 1850. The average molecular weight is 588 g/mol.